The van der Waals surface area contributed by atoms with Crippen molar-refractivity contribution in [2.75, 3.05) is 13.7 Å². The third-order valence-corrected chi connectivity index (χ3v) is 4.98. The van der Waals surface area contributed by atoms with Crippen molar-refractivity contribution in [2.45, 2.75) is 0 Å². The molecule has 2 aromatic heterocycles. The fourth-order valence-electron chi connectivity index (χ4n) is 2.19. The van der Waals surface area contributed by atoms with Gasteiger partial charge in [0.15, 0.2) is 12.4 Å². The van der Waals surface area contributed by atoms with Gasteiger partial charge in [0.25, 0.3) is 0 Å². The first kappa shape index (κ1) is 17.4. The summed E-state index contributed by atoms with van der Waals surface area (Å²) in [5.41, 5.74) is 6.87. The molecule has 0 fully saturated rings. The summed E-state index contributed by atoms with van der Waals surface area (Å²) in [6.45, 7) is -0.199. The lowest BCUT2D eigenvalue weighted by Gasteiger charge is -2.05. The summed E-state index contributed by atoms with van der Waals surface area (Å²) in [5.74, 6) is 0.292. The largest absolute Gasteiger partial charge is 0.480 e. The van der Waals surface area contributed by atoms with Gasteiger partial charge in [-0.1, -0.05) is 23.4 Å². The van der Waals surface area contributed by atoms with Crippen molar-refractivity contribution in [3.05, 3.63) is 57.5 Å². The molecule has 2 N–H and O–H groups in total. The molecule has 8 heteroatoms. The SMILES string of the molecule is COc1nc(/C(N)=N/OCC(=O)c2csc3ccccc23)ccc1Br. The topological polar surface area (TPSA) is 86.8 Å². The third kappa shape index (κ3) is 3.80. The summed E-state index contributed by atoms with van der Waals surface area (Å²) >= 11 is 4.83. The molecule has 0 radical (unpaired) electrons. The van der Waals surface area contributed by atoms with Crippen molar-refractivity contribution in [1.82, 2.24) is 4.98 Å². The Kier molecular flexibility index (Phi) is 5.30. The molecule has 1 aromatic carbocycles. The fourth-order valence-corrected chi connectivity index (χ4v) is 3.54. The highest BCUT2D eigenvalue weighted by molar-refractivity contribution is 9.10. The van der Waals surface area contributed by atoms with Gasteiger partial charge >= 0.3 is 0 Å². The quantitative estimate of drug-likeness (QED) is 0.285. The van der Waals surface area contributed by atoms with Crippen LogP contribution in [0.5, 0.6) is 5.88 Å². The lowest BCUT2D eigenvalue weighted by Crippen LogP contribution is -2.17. The number of nitrogens with two attached hydrogens (primary N) is 1. The zero-order chi connectivity index (χ0) is 17.8. The maximum absolute atomic E-state index is 12.3. The van der Waals surface area contributed by atoms with Crippen LogP contribution < -0.4 is 10.5 Å². The molecule has 25 heavy (non-hydrogen) atoms. The molecule has 2 heterocycles. The summed E-state index contributed by atoms with van der Waals surface area (Å²) in [6.07, 6.45) is 0. The number of amidine groups is 1. The number of ketones is 1. The molecular weight excluding hydrogens is 406 g/mol. The molecule has 0 saturated heterocycles. The zero-order valence-corrected chi connectivity index (χ0v) is 15.6. The number of hydrogen-bond acceptors (Lipinski definition) is 6. The summed E-state index contributed by atoms with van der Waals surface area (Å²) < 4.78 is 6.86. The highest BCUT2D eigenvalue weighted by Gasteiger charge is 2.13. The minimum atomic E-state index is -0.199. The van der Waals surface area contributed by atoms with Gasteiger partial charge in [0.1, 0.15) is 5.69 Å². The van der Waals surface area contributed by atoms with Crippen LogP contribution >= 0.6 is 27.3 Å². The number of thiophene rings is 1. The van der Waals surface area contributed by atoms with Gasteiger partial charge in [0.2, 0.25) is 11.7 Å². The van der Waals surface area contributed by atoms with Crippen LogP contribution in [0.1, 0.15) is 16.1 Å². The third-order valence-electron chi connectivity index (χ3n) is 3.41. The Balaban J connectivity index is 1.69. The summed E-state index contributed by atoms with van der Waals surface area (Å²) in [6, 6.07) is 11.1. The second-order valence-corrected chi connectivity index (χ2v) is 6.77. The van der Waals surface area contributed by atoms with Crippen molar-refractivity contribution >= 4 is 49.0 Å². The van der Waals surface area contributed by atoms with Gasteiger partial charge in [-0.05, 0) is 34.1 Å². The van der Waals surface area contributed by atoms with Gasteiger partial charge in [0, 0.05) is 21.0 Å². The minimum absolute atomic E-state index is 0.0637. The lowest BCUT2D eigenvalue weighted by molar-refractivity contribution is 0.0777. The molecule has 6 nitrogen and oxygen atoms in total. The van der Waals surface area contributed by atoms with E-state index in [9.17, 15) is 4.79 Å². The van der Waals surface area contributed by atoms with Crippen LogP contribution in [0, 0.1) is 0 Å². The Hall–Kier alpha value is -2.45. The predicted molar refractivity (Wildman–Crippen MR) is 101 cm³/mol. The van der Waals surface area contributed by atoms with Gasteiger partial charge in [-0.2, -0.15) is 0 Å². The van der Waals surface area contributed by atoms with Crippen molar-refractivity contribution in [3.63, 3.8) is 0 Å². The minimum Gasteiger partial charge on any atom is -0.480 e. The number of hydrogen-bond donors (Lipinski definition) is 1. The first-order valence-electron chi connectivity index (χ1n) is 7.26. The van der Waals surface area contributed by atoms with Crippen LogP contribution in [-0.4, -0.2) is 30.3 Å². The summed E-state index contributed by atoms with van der Waals surface area (Å²) in [5, 5.41) is 6.51. The molecule has 3 rings (SSSR count). The molecular formula is C17H14BrN3O3S. The van der Waals surface area contributed by atoms with Crippen LogP contribution in [-0.2, 0) is 4.84 Å². The average molecular weight is 420 g/mol. The summed E-state index contributed by atoms with van der Waals surface area (Å²) in [7, 11) is 1.50. The van der Waals surface area contributed by atoms with Crippen molar-refractivity contribution in [1.29, 1.82) is 0 Å². The van der Waals surface area contributed by atoms with E-state index >= 15 is 0 Å². The molecule has 0 saturated carbocycles. The van der Waals surface area contributed by atoms with E-state index < -0.39 is 0 Å². The predicted octanol–water partition coefficient (Wildman–Crippen LogP) is 3.59. The van der Waals surface area contributed by atoms with E-state index in [1.807, 2.05) is 29.6 Å². The van der Waals surface area contributed by atoms with Gasteiger partial charge in [-0.3, -0.25) is 4.79 Å². The van der Waals surface area contributed by atoms with Crippen LogP contribution in [0.2, 0.25) is 0 Å². The number of pyridine rings is 1. The molecule has 128 valence electrons. The van der Waals surface area contributed by atoms with Crippen LogP contribution in [0.3, 0.4) is 0 Å². The number of ether oxygens (including phenoxy) is 1. The number of halogens is 1. The number of fused-ring (bicyclic) bond motifs is 1. The van der Waals surface area contributed by atoms with E-state index in [2.05, 4.69) is 26.1 Å². The number of oxime groups is 1. The Morgan fingerprint density at radius 1 is 1.32 bits per heavy atom. The van der Waals surface area contributed by atoms with E-state index in [0.29, 0.717) is 21.6 Å². The summed E-state index contributed by atoms with van der Waals surface area (Å²) in [4.78, 5) is 21.6. The number of carbonyl (C=O) groups is 1. The average Bonchev–Trinajstić information content (AvgIpc) is 3.06. The second-order valence-electron chi connectivity index (χ2n) is 5.01. The molecule has 0 atom stereocenters. The van der Waals surface area contributed by atoms with E-state index in [1.165, 1.54) is 18.4 Å². The fraction of sp³-hybridized carbons (Fsp3) is 0.118. The van der Waals surface area contributed by atoms with Crippen LogP contribution in [0.15, 0.2) is 51.4 Å². The Morgan fingerprint density at radius 3 is 2.92 bits per heavy atom. The van der Waals surface area contributed by atoms with Crippen molar-refractivity contribution in [2.24, 2.45) is 10.9 Å². The normalized spacial score (nSPS) is 11.5. The van der Waals surface area contributed by atoms with E-state index in [1.54, 1.807) is 12.1 Å². The Morgan fingerprint density at radius 2 is 2.12 bits per heavy atom. The molecule has 0 aliphatic carbocycles. The maximum Gasteiger partial charge on any atom is 0.228 e. The number of Topliss-reactive ketones (excluding diaryl/α,β-unsaturated/α-hetero) is 1. The zero-order valence-electron chi connectivity index (χ0n) is 13.2. The number of benzene rings is 1. The van der Waals surface area contributed by atoms with E-state index in [-0.39, 0.29) is 18.2 Å². The van der Waals surface area contributed by atoms with E-state index in [0.717, 1.165) is 10.1 Å². The second kappa shape index (κ2) is 7.62. The molecule has 0 unspecified atom stereocenters. The highest BCUT2D eigenvalue weighted by atomic mass is 79.9. The number of aromatic nitrogens is 1. The first-order valence-corrected chi connectivity index (χ1v) is 8.93. The monoisotopic (exact) mass is 419 g/mol. The van der Waals surface area contributed by atoms with Gasteiger partial charge < -0.3 is 15.3 Å². The van der Waals surface area contributed by atoms with E-state index in [4.69, 9.17) is 15.3 Å². The molecule has 0 aliphatic heterocycles. The number of rotatable bonds is 6. The van der Waals surface area contributed by atoms with Gasteiger partial charge in [-0.15, -0.1) is 11.3 Å². The molecule has 0 amide bonds. The molecule has 3 aromatic rings. The highest BCUT2D eigenvalue weighted by Crippen LogP contribution is 2.26. The number of methoxy groups -OCH3 is 1. The smallest absolute Gasteiger partial charge is 0.228 e. The standard InChI is InChI=1S/C17H14BrN3O3S/c1-23-17-12(18)6-7-13(20-17)16(19)21-24-8-14(22)11-9-25-15-5-3-2-4-10(11)15/h2-7,9H,8H2,1H3,(H2,19,21). The van der Waals surface area contributed by atoms with Crippen molar-refractivity contribution < 1.29 is 14.4 Å². The lowest BCUT2D eigenvalue weighted by atomic mass is 10.1. The number of nitrogens with zero attached hydrogens (tertiary/aromatic N) is 2. The Labute approximate surface area is 156 Å². The first-order chi connectivity index (χ1) is 12.1. The maximum atomic E-state index is 12.3. The van der Waals surface area contributed by atoms with Gasteiger partial charge in [-0.25, -0.2) is 4.98 Å². The van der Waals surface area contributed by atoms with Crippen molar-refractivity contribution in [3.8, 4) is 5.88 Å². The molecule has 0 spiro atoms. The van der Waals surface area contributed by atoms with Gasteiger partial charge in [0.05, 0.1) is 11.6 Å². The molecule has 0 bridgehead atoms. The Bertz CT molecular complexity index is 955. The van der Waals surface area contributed by atoms with Crippen LogP contribution in [0.4, 0.5) is 0 Å². The van der Waals surface area contributed by atoms with Crippen LogP contribution in [0.25, 0.3) is 10.1 Å². The molecule has 0 aliphatic rings. The number of carbonyl (C=O) groups excluding carboxylic acids is 1.